The van der Waals surface area contributed by atoms with Crippen molar-refractivity contribution in [3.63, 3.8) is 0 Å². The summed E-state index contributed by atoms with van der Waals surface area (Å²) in [6, 6.07) is 14.3. The minimum Gasteiger partial charge on any atom is -0.490 e. The quantitative estimate of drug-likeness (QED) is 0.132. The summed E-state index contributed by atoms with van der Waals surface area (Å²) in [5.41, 5.74) is 3.09. The molecule has 13 nitrogen and oxygen atoms in total. The van der Waals surface area contributed by atoms with E-state index in [9.17, 15) is 9.59 Å². The fourth-order valence-corrected chi connectivity index (χ4v) is 6.94. The molecule has 1 N–H and O–H groups in total. The van der Waals surface area contributed by atoms with Crippen LogP contribution in [-0.2, 0) is 20.9 Å². The van der Waals surface area contributed by atoms with Gasteiger partial charge in [-0.25, -0.2) is 14.8 Å². The number of amides is 2. The molecule has 4 aromatic rings. The summed E-state index contributed by atoms with van der Waals surface area (Å²) < 4.78 is 25.6. The third kappa shape index (κ3) is 9.66. The number of nitrogens with one attached hydrogen (secondary N) is 1. The number of hydrogen-bond donors (Lipinski definition) is 1. The van der Waals surface area contributed by atoms with E-state index in [0.717, 1.165) is 47.2 Å². The summed E-state index contributed by atoms with van der Waals surface area (Å²) in [7, 11) is -1.25. The minimum absolute atomic E-state index is 0.0817. The van der Waals surface area contributed by atoms with Crippen molar-refractivity contribution in [2.45, 2.75) is 77.7 Å². The normalized spacial score (nSPS) is 15.9. The number of fused-ring (bicyclic) bond motifs is 1. The second kappa shape index (κ2) is 16.0. The lowest BCUT2D eigenvalue weighted by molar-refractivity contribution is 0.0126. The summed E-state index contributed by atoms with van der Waals surface area (Å²) in [5.74, 6) is 1.11. The van der Waals surface area contributed by atoms with Gasteiger partial charge < -0.3 is 38.6 Å². The number of hydrogen-bond acceptors (Lipinski definition) is 10. The van der Waals surface area contributed by atoms with Gasteiger partial charge in [0.2, 0.25) is 0 Å². The SMILES string of the molecule is CC(C)(C)OC(=O)N1CCC(Oc2ccnc(C(=O)Nc3ccc(-c4cc5c(N6CCOCC6)ncnc5n4COCC[Si](C)(C)C)cc3)c2)CC1. The third-order valence-corrected chi connectivity index (χ3v) is 10.7. The van der Waals surface area contributed by atoms with Crippen LogP contribution in [0.1, 0.15) is 44.1 Å². The summed E-state index contributed by atoms with van der Waals surface area (Å²) in [4.78, 5) is 43.3. The maximum Gasteiger partial charge on any atom is 0.410 e. The van der Waals surface area contributed by atoms with Crippen LogP contribution in [-0.4, -0.2) is 102 Å². The number of rotatable bonds is 11. The number of likely N-dealkylation sites (tertiary alicyclic amines) is 1. The van der Waals surface area contributed by atoms with Gasteiger partial charge in [-0.3, -0.25) is 9.78 Å². The van der Waals surface area contributed by atoms with Gasteiger partial charge in [-0.15, -0.1) is 0 Å². The molecule has 0 unspecified atom stereocenters. The molecule has 52 heavy (non-hydrogen) atoms. The molecule has 0 bridgehead atoms. The molecule has 2 fully saturated rings. The van der Waals surface area contributed by atoms with Crippen LogP contribution in [0.3, 0.4) is 0 Å². The Labute approximate surface area is 306 Å². The van der Waals surface area contributed by atoms with Gasteiger partial charge in [0.15, 0.2) is 0 Å². The van der Waals surface area contributed by atoms with Crippen LogP contribution in [0.4, 0.5) is 16.3 Å². The number of morpholine rings is 1. The highest BCUT2D eigenvalue weighted by Crippen LogP contribution is 2.33. The molecule has 5 heterocycles. The van der Waals surface area contributed by atoms with Gasteiger partial charge >= 0.3 is 6.09 Å². The van der Waals surface area contributed by atoms with Crippen LogP contribution in [0.25, 0.3) is 22.3 Å². The Balaban J connectivity index is 1.13. The predicted octanol–water partition coefficient (Wildman–Crippen LogP) is 6.67. The fourth-order valence-electron chi connectivity index (χ4n) is 6.18. The van der Waals surface area contributed by atoms with E-state index >= 15 is 0 Å². The van der Waals surface area contributed by atoms with E-state index in [1.165, 1.54) is 0 Å². The van der Waals surface area contributed by atoms with Crippen molar-refractivity contribution < 1.29 is 28.5 Å². The molecule has 2 saturated heterocycles. The highest BCUT2D eigenvalue weighted by atomic mass is 28.3. The number of carbonyl (C=O) groups excluding carboxylic acids is 2. The highest BCUT2D eigenvalue weighted by molar-refractivity contribution is 6.76. The molecule has 0 aliphatic carbocycles. The number of piperidine rings is 1. The molecule has 14 heteroatoms. The second-order valence-corrected chi connectivity index (χ2v) is 21.2. The number of anilines is 2. The Morgan fingerprint density at radius 3 is 2.38 bits per heavy atom. The molecule has 0 spiro atoms. The molecule has 0 saturated carbocycles. The second-order valence-electron chi connectivity index (χ2n) is 15.5. The van der Waals surface area contributed by atoms with Gasteiger partial charge in [0.05, 0.1) is 24.3 Å². The van der Waals surface area contributed by atoms with Crippen LogP contribution in [0.15, 0.2) is 55.0 Å². The molecule has 6 rings (SSSR count). The number of carbonyl (C=O) groups is 2. The molecular formula is C38H51N7O6Si. The maximum absolute atomic E-state index is 13.3. The lowest BCUT2D eigenvalue weighted by Gasteiger charge is -2.33. The van der Waals surface area contributed by atoms with E-state index in [0.29, 0.717) is 63.9 Å². The van der Waals surface area contributed by atoms with E-state index in [4.69, 9.17) is 23.9 Å². The summed E-state index contributed by atoms with van der Waals surface area (Å²) >= 11 is 0. The number of nitrogens with zero attached hydrogens (tertiary/aromatic N) is 6. The first-order valence-electron chi connectivity index (χ1n) is 18.1. The molecule has 0 atom stereocenters. The lowest BCUT2D eigenvalue weighted by atomic mass is 10.1. The molecule has 2 aliphatic heterocycles. The maximum atomic E-state index is 13.3. The highest BCUT2D eigenvalue weighted by Gasteiger charge is 2.28. The third-order valence-electron chi connectivity index (χ3n) is 9.00. The Morgan fingerprint density at radius 1 is 0.962 bits per heavy atom. The molecule has 1 aromatic carbocycles. The standard InChI is InChI=1S/C38H51N7O6Si/c1-38(2,3)51-37(47)44-15-12-29(13-16-44)50-30-11-14-39-32(23-30)36(46)42-28-9-7-27(8-10-28)33-24-31-34(43-17-19-48-20-18-43)40-25-41-35(31)45(33)26-49-21-22-52(4,5)6/h7-11,14,23-25,29H,12-13,15-22,26H2,1-6H3,(H,42,46). The lowest BCUT2D eigenvalue weighted by Crippen LogP contribution is -2.44. The van der Waals surface area contributed by atoms with Gasteiger partial charge in [-0.1, -0.05) is 31.8 Å². The van der Waals surface area contributed by atoms with Crippen LogP contribution in [0.2, 0.25) is 25.7 Å². The molecule has 3 aromatic heterocycles. The van der Waals surface area contributed by atoms with Crippen molar-refractivity contribution in [3.05, 3.63) is 60.7 Å². The van der Waals surface area contributed by atoms with Crippen molar-refractivity contribution in [2.24, 2.45) is 0 Å². The average molecular weight is 730 g/mol. The van der Waals surface area contributed by atoms with Crippen LogP contribution < -0.4 is 15.0 Å². The Hall–Kier alpha value is -4.53. The van der Waals surface area contributed by atoms with Gasteiger partial charge in [0.1, 0.15) is 47.7 Å². The summed E-state index contributed by atoms with van der Waals surface area (Å²) in [6.45, 7) is 17.6. The van der Waals surface area contributed by atoms with E-state index < -0.39 is 13.7 Å². The largest absolute Gasteiger partial charge is 0.490 e. The summed E-state index contributed by atoms with van der Waals surface area (Å²) in [5, 5.41) is 3.94. The van der Waals surface area contributed by atoms with Gasteiger partial charge in [-0.05, 0) is 56.6 Å². The van der Waals surface area contributed by atoms with Crippen molar-refractivity contribution in [2.75, 3.05) is 56.2 Å². The zero-order valence-electron chi connectivity index (χ0n) is 31.2. The van der Waals surface area contributed by atoms with Crippen molar-refractivity contribution in [1.82, 2.24) is 24.4 Å². The topological polar surface area (TPSA) is 133 Å². The first kappa shape index (κ1) is 37.2. The van der Waals surface area contributed by atoms with Crippen LogP contribution in [0.5, 0.6) is 5.75 Å². The van der Waals surface area contributed by atoms with E-state index in [2.05, 4.69) is 50.5 Å². The average Bonchev–Trinajstić information content (AvgIpc) is 3.48. The molecule has 2 amide bonds. The van der Waals surface area contributed by atoms with E-state index in [1.54, 1.807) is 29.6 Å². The van der Waals surface area contributed by atoms with Crippen molar-refractivity contribution >= 4 is 42.6 Å². The first-order chi connectivity index (χ1) is 24.8. The number of pyridine rings is 1. The predicted molar refractivity (Wildman–Crippen MR) is 204 cm³/mol. The number of benzene rings is 1. The first-order valence-corrected chi connectivity index (χ1v) is 21.8. The van der Waals surface area contributed by atoms with Gasteiger partial charge in [0, 0.05) is 71.7 Å². The van der Waals surface area contributed by atoms with E-state index in [-0.39, 0.29) is 23.8 Å². The van der Waals surface area contributed by atoms with Gasteiger partial charge in [0.25, 0.3) is 5.91 Å². The number of ether oxygens (including phenoxy) is 4. The molecule has 2 aliphatic rings. The Kier molecular flexibility index (Phi) is 11.5. The van der Waals surface area contributed by atoms with Crippen molar-refractivity contribution in [1.29, 1.82) is 0 Å². The zero-order valence-corrected chi connectivity index (χ0v) is 32.2. The summed E-state index contributed by atoms with van der Waals surface area (Å²) in [6.07, 6.45) is 4.14. The fraction of sp³-hybridized carbons (Fsp3) is 0.500. The minimum atomic E-state index is -1.25. The monoisotopic (exact) mass is 729 g/mol. The van der Waals surface area contributed by atoms with Crippen LogP contribution >= 0.6 is 0 Å². The van der Waals surface area contributed by atoms with E-state index in [1.807, 2.05) is 45.0 Å². The smallest absolute Gasteiger partial charge is 0.410 e. The Morgan fingerprint density at radius 2 is 1.69 bits per heavy atom. The Bertz CT molecular complexity index is 1840. The molecule has 278 valence electrons. The zero-order chi connectivity index (χ0) is 36.9. The molecule has 0 radical (unpaired) electrons. The van der Waals surface area contributed by atoms with Gasteiger partial charge in [-0.2, -0.15) is 0 Å². The van der Waals surface area contributed by atoms with Crippen LogP contribution in [0, 0.1) is 0 Å². The van der Waals surface area contributed by atoms with Crippen molar-refractivity contribution in [3.8, 4) is 17.0 Å². The number of aromatic nitrogens is 4. The molecular weight excluding hydrogens is 679 g/mol.